The molecule has 0 atom stereocenters. The highest BCUT2D eigenvalue weighted by molar-refractivity contribution is 5.32. The van der Waals surface area contributed by atoms with Crippen molar-refractivity contribution in [2.75, 3.05) is 13.7 Å². The monoisotopic (exact) mass is 206 g/mol. The van der Waals surface area contributed by atoms with Gasteiger partial charge in [0, 0.05) is 30.1 Å². The molecule has 15 heavy (non-hydrogen) atoms. The molecule has 1 aromatic rings. The minimum atomic E-state index is 0.670. The first-order valence-electron chi connectivity index (χ1n) is 5.11. The number of hydrogen-bond acceptors (Lipinski definition) is 3. The van der Waals surface area contributed by atoms with E-state index in [1.807, 2.05) is 32.3 Å². The van der Waals surface area contributed by atoms with Crippen LogP contribution in [-0.4, -0.2) is 18.6 Å². The summed E-state index contributed by atoms with van der Waals surface area (Å²) in [4.78, 5) is 4.25. The number of aromatic nitrogens is 1. The summed E-state index contributed by atoms with van der Waals surface area (Å²) in [5, 5.41) is 3.09. The van der Waals surface area contributed by atoms with Crippen molar-refractivity contribution >= 4 is 0 Å². The van der Waals surface area contributed by atoms with Crippen LogP contribution in [0.2, 0.25) is 0 Å². The zero-order valence-electron chi connectivity index (χ0n) is 9.42. The van der Waals surface area contributed by atoms with Crippen LogP contribution in [0.5, 0.6) is 5.75 Å². The second-order valence-electron chi connectivity index (χ2n) is 3.39. The van der Waals surface area contributed by atoms with Crippen LogP contribution in [0.25, 0.3) is 0 Å². The molecule has 1 N–H and O–H groups in total. The summed E-state index contributed by atoms with van der Waals surface area (Å²) in [5.74, 6) is 0.915. The number of nitrogens with one attached hydrogen (secondary N) is 1. The van der Waals surface area contributed by atoms with Crippen molar-refractivity contribution in [3.8, 4) is 5.75 Å². The van der Waals surface area contributed by atoms with Crippen molar-refractivity contribution in [2.24, 2.45) is 0 Å². The first-order chi connectivity index (χ1) is 7.27. The van der Waals surface area contributed by atoms with E-state index in [1.165, 1.54) is 0 Å². The van der Waals surface area contributed by atoms with Gasteiger partial charge in [0.15, 0.2) is 0 Å². The maximum Gasteiger partial charge on any atom is 0.127 e. The molecule has 0 saturated heterocycles. The van der Waals surface area contributed by atoms with E-state index >= 15 is 0 Å². The minimum absolute atomic E-state index is 0.670. The number of pyridine rings is 1. The van der Waals surface area contributed by atoms with E-state index in [0.717, 1.165) is 30.0 Å². The van der Waals surface area contributed by atoms with Gasteiger partial charge in [0.2, 0.25) is 0 Å². The number of hydrogen-bond donors (Lipinski definition) is 1. The van der Waals surface area contributed by atoms with Crippen molar-refractivity contribution in [2.45, 2.75) is 19.9 Å². The molecule has 0 bridgehead atoms. The van der Waals surface area contributed by atoms with Gasteiger partial charge in [-0.3, -0.25) is 4.98 Å². The highest BCUT2D eigenvalue weighted by Crippen LogP contribution is 2.18. The molecule has 1 rings (SSSR count). The van der Waals surface area contributed by atoms with Crippen LogP contribution in [0.4, 0.5) is 0 Å². The lowest BCUT2D eigenvalue weighted by atomic mass is 10.2. The Labute approximate surface area is 91.2 Å². The van der Waals surface area contributed by atoms with Gasteiger partial charge in [0.25, 0.3) is 0 Å². The summed E-state index contributed by atoms with van der Waals surface area (Å²) in [6, 6.07) is 1.97. The summed E-state index contributed by atoms with van der Waals surface area (Å²) < 4.78 is 5.66. The first kappa shape index (κ1) is 11.7. The molecule has 3 heteroatoms. The van der Waals surface area contributed by atoms with E-state index in [9.17, 15) is 0 Å². The van der Waals surface area contributed by atoms with Gasteiger partial charge in [0.05, 0.1) is 6.61 Å². The lowest BCUT2D eigenvalue weighted by molar-refractivity contribution is 0.320. The van der Waals surface area contributed by atoms with Gasteiger partial charge in [-0.05, 0) is 20.4 Å². The molecular formula is C12H18N2O. The second kappa shape index (κ2) is 6.19. The van der Waals surface area contributed by atoms with E-state index < -0.39 is 0 Å². The summed E-state index contributed by atoms with van der Waals surface area (Å²) in [6.07, 6.45) is 4.57. The number of nitrogens with zero attached hydrogens (tertiary/aromatic N) is 1. The Hall–Kier alpha value is -1.35. The van der Waals surface area contributed by atoms with E-state index in [-0.39, 0.29) is 0 Å². The fraction of sp³-hybridized carbons (Fsp3) is 0.417. The summed E-state index contributed by atoms with van der Waals surface area (Å²) >= 11 is 0. The zero-order chi connectivity index (χ0) is 11.1. The van der Waals surface area contributed by atoms with Crippen LogP contribution in [-0.2, 0) is 6.54 Å². The molecule has 0 aliphatic carbocycles. The smallest absolute Gasteiger partial charge is 0.127 e. The maximum atomic E-state index is 5.66. The fourth-order valence-corrected chi connectivity index (χ4v) is 1.27. The number of aryl methyl sites for hydroxylation is 1. The lowest BCUT2D eigenvalue weighted by Crippen LogP contribution is -2.08. The second-order valence-corrected chi connectivity index (χ2v) is 3.39. The molecule has 0 spiro atoms. The maximum absolute atomic E-state index is 5.66. The molecule has 0 aliphatic heterocycles. The van der Waals surface area contributed by atoms with Gasteiger partial charge in [-0.1, -0.05) is 6.08 Å². The third-order valence-electron chi connectivity index (χ3n) is 2.03. The molecule has 0 aliphatic rings. The van der Waals surface area contributed by atoms with Gasteiger partial charge in [-0.15, -0.1) is 6.58 Å². The molecule has 82 valence electrons. The molecule has 0 fully saturated rings. The molecule has 1 heterocycles. The molecule has 0 saturated carbocycles. The van der Waals surface area contributed by atoms with Gasteiger partial charge < -0.3 is 10.1 Å². The molecule has 3 nitrogen and oxygen atoms in total. The topological polar surface area (TPSA) is 34.1 Å². The highest BCUT2D eigenvalue weighted by Gasteiger charge is 2.03. The molecule has 0 aromatic carbocycles. The Kier molecular flexibility index (Phi) is 4.84. The normalized spacial score (nSPS) is 10.0. The average Bonchev–Trinajstić information content (AvgIpc) is 2.22. The molecule has 0 unspecified atom stereocenters. The van der Waals surface area contributed by atoms with Gasteiger partial charge in [-0.25, -0.2) is 0 Å². The fourth-order valence-electron chi connectivity index (χ4n) is 1.27. The first-order valence-corrected chi connectivity index (χ1v) is 5.11. The van der Waals surface area contributed by atoms with Crippen LogP contribution in [0.1, 0.15) is 17.7 Å². The minimum Gasteiger partial charge on any atom is -0.493 e. The SMILES string of the molecule is C=CCCOc1cc(C)ncc1CNC. The Morgan fingerprint density at radius 1 is 1.60 bits per heavy atom. The van der Waals surface area contributed by atoms with E-state index in [4.69, 9.17) is 4.74 Å². The molecule has 0 amide bonds. The highest BCUT2D eigenvalue weighted by atomic mass is 16.5. The quantitative estimate of drug-likeness (QED) is 0.571. The molecule has 0 radical (unpaired) electrons. The largest absolute Gasteiger partial charge is 0.493 e. The predicted molar refractivity (Wildman–Crippen MR) is 62.0 cm³/mol. The van der Waals surface area contributed by atoms with Crippen LogP contribution in [0.15, 0.2) is 24.9 Å². The van der Waals surface area contributed by atoms with E-state index in [0.29, 0.717) is 6.61 Å². The van der Waals surface area contributed by atoms with E-state index in [2.05, 4.69) is 16.9 Å². The van der Waals surface area contributed by atoms with Crippen LogP contribution in [0.3, 0.4) is 0 Å². The zero-order valence-corrected chi connectivity index (χ0v) is 9.42. The third-order valence-corrected chi connectivity index (χ3v) is 2.03. The Bertz CT molecular complexity index is 323. The van der Waals surface area contributed by atoms with Crippen molar-refractivity contribution in [3.63, 3.8) is 0 Å². The van der Waals surface area contributed by atoms with Crippen LogP contribution >= 0.6 is 0 Å². The summed E-state index contributed by atoms with van der Waals surface area (Å²) in [6.45, 7) is 7.07. The standard InChI is InChI=1S/C12H18N2O/c1-4-5-6-15-12-7-10(2)14-9-11(12)8-13-3/h4,7,9,13H,1,5-6,8H2,2-3H3. The van der Waals surface area contributed by atoms with Crippen molar-refractivity contribution < 1.29 is 4.74 Å². The van der Waals surface area contributed by atoms with Crippen molar-refractivity contribution in [3.05, 3.63) is 36.2 Å². The van der Waals surface area contributed by atoms with Gasteiger partial charge in [-0.2, -0.15) is 0 Å². The lowest BCUT2D eigenvalue weighted by Gasteiger charge is -2.10. The summed E-state index contributed by atoms with van der Waals surface area (Å²) in [7, 11) is 1.91. The van der Waals surface area contributed by atoms with Crippen molar-refractivity contribution in [1.82, 2.24) is 10.3 Å². The summed E-state index contributed by atoms with van der Waals surface area (Å²) in [5.41, 5.74) is 2.07. The number of rotatable bonds is 6. The van der Waals surface area contributed by atoms with E-state index in [1.54, 1.807) is 0 Å². The predicted octanol–water partition coefficient (Wildman–Crippen LogP) is 2.06. The Morgan fingerprint density at radius 3 is 3.07 bits per heavy atom. The number of ether oxygens (including phenoxy) is 1. The van der Waals surface area contributed by atoms with Crippen molar-refractivity contribution in [1.29, 1.82) is 0 Å². The van der Waals surface area contributed by atoms with Crippen LogP contribution < -0.4 is 10.1 Å². The third kappa shape index (κ3) is 3.72. The molecule has 1 aromatic heterocycles. The Morgan fingerprint density at radius 2 is 2.40 bits per heavy atom. The molecular weight excluding hydrogens is 188 g/mol. The van der Waals surface area contributed by atoms with Crippen LogP contribution in [0, 0.1) is 6.92 Å². The van der Waals surface area contributed by atoms with Gasteiger partial charge in [0.1, 0.15) is 5.75 Å². The average molecular weight is 206 g/mol. The Balaban J connectivity index is 2.72. The van der Waals surface area contributed by atoms with Gasteiger partial charge >= 0.3 is 0 Å².